The monoisotopic (exact) mass is 310 g/mol. The Labute approximate surface area is 122 Å². The summed E-state index contributed by atoms with van der Waals surface area (Å²) >= 11 is 0. The van der Waals surface area contributed by atoms with E-state index < -0.39 is 10.4 Å². The summed E-state index contributed by atoms with van der Waals surface area (Å²) in [6.07, 6.45) is 1.86. The van der Waals surface area contributed by atoms with Gasteiger partial charge in [0.1, 0.15) is 7.11 Å². The Kier molecular flexibility index (Phi) is 4.41. The van der Waals surface area contributed by atoms with Crippen molar-refractivity contribution in [1.29, 1.82) is 0 Å². The topological polar surface area (TPSA) is 90.7 Å². The van der Waals surface area contributed by atoms with E-state index in [9.17, 15) is 8.42 Å². The van der Waals surface area contributed by atoms with Gasteiger partial charge in [-0.05, 0) is 18.2 Å². The lowest BCUT2D eigenvalue weighted by Gasteiger charge is -2.07. The van der Waals surface area contributed by atoms with E-state index in [4.69, 9.17) is 9.39 Å². The van der Waals surface area contributed by atoms with Crippen LogP contribution < -0.4 is 4.84 Å². The molecule has 0 bridgehead atoms. The van der Waals surface area contributed by atoms with Gasteiger partial charge in [-0.1, -0.05) is 18.2 Å². The molecule has 0 radical (unpaired) electrons. The molecule has 112 valence electrons. The summed E-state index contributed by atoms with van der Waals surface area (Å²) < 4.78 is 31.4. The predicted octanol–water partition coefficient (Wildman–Crippen LogP) is 1.64. The van der Waals surface area contributed by atoms with Crippen LogP contribution in [0.3, 0.4) is 0 Å². The number of fused-ring (bicyclic) bond motifs is 3. The second-order valence-electron chi connectivity index (χ2n) is 3.98. The fourth-order valence-corrected chi connectivity index (χ4v) is 1.86. The van der Waals surface area contributed by atoms with Gasteiger partial charge in [-0.15, -0.1) is 0 Å². The third kappa shape index (κ3) is 3.48. The number of hydrogen-bond acceptors (Lipinski definition) is 5. The maximum atomic E-state index is 9.33. The molecule has 2 aliphatic rings. The van der Waals surface area contributed by atoms with Crippen LogP contribution in [0.15, 0.2) is 42.6 Å². The lowest BCUT2D eigenvalue weighted by Crippen LogP contribution is -2.08. The molecule has 1 aromatic carbocycles. The van der Waals surface area contributed by atoms with Crippen LogP contribution in [-0.4, -0.2) is 36.9 Å². The zero-order valence-corrected chi connectivity index (χ0v) is 12.2. The molecule has 7 nitrogen and oxygen atoms in total. The molecule has 0 fully saturated rings. The number of aromatic nitrogens is 2. The lowest BCUT2D eigenvalue weighted by molar-refractivity contribution is 0.168. The maximum Gasteiger partial charge on any atom is 0.397 e. The van der Waals surface area contributed by atoms with Crippen molar-refractivity contribution in [3.05, 3.63) is 42.6 Å². The highest BCUT2D eigenvalue weighted by molar-refractivity contribution is 7.80. The minimum Gasteiger partial charge on any atom is -0.416 e. The summed E-state index contributed by atoms with van der Waals surface area (Å²) in [4.78, 5) is 9.74. The van der Waals surface area contributed by atoms with Gasteiger partial charge in [-0.25, -0.2) is 4.98 Å². The van der Waals surface area contributed by atoms with E-state index in [1.165, 1.54) is 5.39 Å². The smallest absolute Gasteiger partial charge is 0.397 e. The van der Waals surface area contributed by atoms with Gasteiger partial charge in [0.05, 0.1) is 12.6 Å². The minimum absolute atomic E-state index is 0.862. The first kappa shape index (κ1) is 15.2. The van der Waals surface area contributed by atoms with Crippen molar-refractivity contribution in [2.75, 3.05) is 14.2 Å². The minimum atomic E-state index is -4.16. The molecule has 0 unspecified atom stereocenters. The summed E-state index contributed by atoms with van der Waals surface area (Å²) in [5.74, 6) is 0.862. The van der Waals surface area contributed by atoms with Crippen molar-refractivity contribution in [1.82, 2.24) is 9.71 Å². The zero-order chi connectivity index (χ0) is 15.5. The largest absolute Gasteiger partial charge is 0.416 e. The van der Waals surface area contributed by atoms with Crippen molar-refractivity contribution in [2.24, 2.45) is 0 Å². The Morgan fingerprint density at radius 2 is 1.81 bits per heavy atom. The average molecular weight is 310 g/mol. The van der Waals surface area contributed by atoms with Gasteiger partial charge in [-0.3, -0.25) is 8.74 Å². The molecule has 0 saturated heterocycles. The van der Waals surface area contributed by atoms with Crippen LogP contribution in [0.2, 0.25) is 0 Å². The molecule has 2 aliphatic heterocycles. The van der Waals surface area contributed by atoms with Gasteiger partial charge < -0.3 is 4.84 Å². The van der Waals surface area contributed by atoms with Crippen LogP contribution in [0, 0.1) is 0 Å². The van der Waals surface area contributed by atoms with Crippen LogP contribution in [0.25, 0.3) is 22.3 Å². The van der Waals surface area contributed by atoms with E-state index in [0.29, 0.717) is 0 Å². The fraction of sp³-hybridized carbons (Fsp3) is 0.154. The number of hydrogen-bond donors (Lipinski definition) is 1. The van der Waals surface area contributed by atoms with Crippen LogP contribution in [0.4, 0.5) is 0 Å². The second-order valence-corrected chi connectivity index (χ2v) is 5.17. The Morgan fingerprint density at radius 3 is 2.43 bits per heavy atom. The first-order valence-electron chi connectivity index (χ1n) is 5.89. The summed E-state index contributed by atoms with van der Waals surface area (Å²) in [5, 5.41) is 1.17. The van der Waals surface area contributed by atoms with Gasteiger partial charge in [-0.2, -0.15) is 13.1 Å². The van der Waals surface area contributed by atoms with Crippen molar-refractivity contribution in [2.45, 2.75) is 0 Å². The molecule has 2 heterocycles. The van der Waals surface area contributed by atoms with Crippen molar-refractivity contribution >= 4 is 21.3 Å². The van der Waals surface area contributed by atoms with Gasteiger partial charge in [0.25, 0.3) is 0 Å². The molecule has 1 aromatic rings. The first-order valence-corrected chi connectivity index (χ1v) is 7.26. The molecular weight excluding hydrogens is 296 g/mol. The van der Waals surface area contributed by atoms with E-state index in [-0.39, 0.29) is 0 Å². The molecule has 0 saturated carbocycles. The SMILES string of the molecule is COS(=O)(=O)O.COn1cccc2c3ccccc3nc1-2. The molecule has 1 N–H and O–H groups in total. The fourth-order valence-electron chi connectivity index (χ4n) is 1.86. The highest BCUT2D eigenvalue weighted by Gasteiger charge is 2.13. The second kappa shape index (κ2) is 6.08. The quantitative estimate of drug-likeness (QED) is 0.724. The number of benzene rings is 1. The van der Waals surface area contributed by atoms with Crippen LogP contribution in [0.5, 0.6) is 0 Å². The first-order chi connectivity index (χ1) is 9.96. The molecule has 8 heteroatoms. The number of pyridine rings is 1. The summed E-state index contributed by atoms with van der Waals surface area (Å²) in [6.45, 7) is 0. The molecule has 0 aromatic heterocycles. The standard InChI is InChI=1S/C12H10N2O.CH4O4S/c1-15-14-8-4-6-10-9-5-2-3-7-11(9)13-12(10)14;1-5-6(2,3)4/h2-8H,1H3;1H3,(H,2,3,4). The molecule has 0 atom stereocenters. The predicted molar refractivity (Wildman–Crippen MR) is 77.4 cm³/mol. The molecule has 0 spiro atoms. The molecule has 0 amide bonds. The van der Waals surface area contributed by atoms with Crippen LogP contribution in [-0.2, 0) is 14.6 Å². The van der Waals surface area contributed by atoms with E-state index in [2.05, 4.69) is 21.3 Å². The maximum absolute atomic E-state index is 9.33. The van der Waals surface area contributed by atoms with Crippen LogP contribution >= 0.6 is 0 Å². The average Bonchev–Trinajstić information content (AvgIpc) is 2.85. The Hall–Kier alpha value is -2.16. The Balaban J connectivity index is 0.000000232. The van der Waals surface area contributed by atoms with Crippen molar-refractivity contribution in [3.63, 3.8) is 0 Å². The molecule has 3 rings (SSSR count). The van der Waals surface area contributed by atoms with Gasteiger partial charge in [0.15, 0.2) is 5.82 Å². The zero-order valence-electron chi connectivity index (χ0n) is 11.4. The summed E-state index contributed by atoms with van der Waals surface area (Å²) in [7, 11) is -1.65. The molecule has 0 aliphatic carbocycles. The molecular formula is C13H14N2O5S. The van der Waals surface area contributed by atoms with Crippen LogP contribution in [0.1, 0.15) is 0 Å². The van der Waals surface area contributed by atoms with E-state index in [0.717, 1.165) is 24.0 Å². The van der Waals surface area contributed by atoms with Gasteiger partial charge in [0.2, 0.25) is 0 Å². The van der Waals surface area contributed by atoms with Gasteiger partial charge in [0, 0.05) is 17.1 Å². The summed E-state index contributed by atoms with van der Waals surface area (Å²) in [5.41, 5.74) is 2.12. The number of rotatable bonds is 2. The third-order valence-corrected chi connectivity index (χ3v) is 3.18. The highest BCUT2D eigenvalue weighted by Crippen LogP contribution is 2.29. The van der Waals surface area contributed by atoms with Crippen molar-refractivity contribution < 1.29 is 22.0 Å². The molecule has 21 heavy (non-hydrogen) atoms. The van der Waals surface area contributed by atoms with Gasteiger partial charge >= 0.3 is 10.4 Å². The third-order valence-electron chi connectivity index (χ3n) is 2.76. The Bertz CT molecular complexity index is 812. The van der Waals surface area contributed by atoms with Crippen molar-refractivity contribution in [3.8, 4) is 11.4 Å². The highest BCUT2D eigenvalue weighted by atomic mass is 32.3. The Morgan fingerprint density at radius 1 is 1.14 bits per heavy atom. The lowest BCUT2D eigenvalue weighted by atomic mass is 10.1. The number of nitrogens with zero attached hydrogens (tertiary/aromatic N) is 2. The van der Waals surface area contributed by atoms with E-state index in [1.807, 2.05) is 30.5 Å². The van der Waals surface area contributed by atoms with E-state index >= 15 is 0 Å². The number of para-hydroxylation sites is 1. The van der Waals surface area contributed by atoms with E-state index in [1.54, 1.807) is 11.8 Å². The summed E-state index contributed by atoms with van der Waals surface area (Å²) in [6, 6.07) is 12.1. The normalized spacial score (nSPS) is 11.2.